The summed E-state index contributed by atoms with van der Waals surface area (Å²) in [5, 5.41) is 10.6. The summed E-state index contributed by atoms with van der Waals surface area (Å²) in [6.45, 7) is 11.9. The molecule has 0 aromatic rings. The summed E-state index contributed by atoms with van der Waals surface area (Å²) in [6.07, 6.45) is 59.6. The van der Waals surface area contributed by atoms with Crippen molar-refractivity contribution in [1.82, 2.24) is 0 Å². The van der Waals surface area contributed by atoms with E-state index in [2.05, 4.69) is 48.5 Å². The number of aliphatic hydroxyl groups is 1. The zero-order chi connectivity index (χ0) is 73.7. The number of aliphatic hydroxyl groups excluding tert-OH is 1. The van der Waals surface area contributed by atoms with Gasteiger partial charge >= 0.3 is 39.5 Å². The Hall–Kier alpha value is -1.94. The minimum Gasteiger partial charge on any atom is -0.462 e. The quantitative estimate of drug-likeness (QED) is 0.0222. The second kappa shape index (κ2) is 71.3. The van der Waals surface area contributed by atoms with Gasteiger partial charge in [-0.1, -0.05) is 370 Å². The molecule has 100 heavy (non-hydrogen) atoms. The lowest BCUT2D eigenvalue weighted by Gasteiger charge is -2.21. The fourth-order valence-electron chi connectivity index (χ4n) is 12.5. The van der Waals surface area contributed by atoms with Crippen molar-refractivity contribution < 1.29 is 80.2 Å². The van der Waals surface area contributed by atoms with E-state index in [0.717, 1.165) is 114 Å². The van der Waals surface area contributed by atoms with E-state index in [1.54, 1.807) is 0 Å². The van der Waals surface area contributed by atoms with Crippen molar-refractivity contribution in [2.24, 2.45) is 17.8 Å². The Morgan fingerprint density at radius 2 is 0.510 bits per heavy atom. The van der Waals surface area contributed by atoms with E-state index in [9.17, 15) is 43.2 Å². The molecule has 0 rings (SSSR count). The topological polar surface area (TPSA) is 237 Å². The summed E-state index contributed by atoms with van der Waals surface area (Å²) in [5.74, 6) is 0.197. The van der Waals surface area contributed by atoms with Gasteiger partial charge in [-0.15, -0.1) is 0 Å². The number of phosphoric ester groups is 2. The average molecular weight is 1470 g/mol. The van der Waals surface area contributed by atoms with E-state index in [-0.39, 0.29) is 25.7 Å². The minimum atomic E-state index is -4.96. The van der Waals surface area contributed by atoms with E-state index >= 15 is 0 Å². The Morgan fingerprint density at radius 3 is 0.760 bits per heavy atom. The highest BCUT2D eigenvalue weighted by Crippen LogP contribution is 2.45. The van der Waals surface area contributed by atoms with Gasteiger partial charge in [0, 0.05) is 25.7 Å². The summed E-state index contributed by atoms with van der Waals surface area (Å²) in [7, 11) is -9.92. The number of ether oxygens (including phenoxy) is 4. The molecule has 0 aliphatic rings. The van der Waals surface area contributed by atoms with Crippen LogP contribution in [0.3, 0.4) is 0 Å². The molecule has 3 N–H and O–H groups in total. The van der Waals surface area contributed by atoms with Gasteiger partial charge in [-0.05, 0) is 43.4 Å². The van der Waals surface area contributed by atoms with Gasteiger partial charge in [0.15, 0.2) is 12.2 Å². The van der Waals surface area contributed by atoms with Gasteiger partial charge in [-0.25, -0.2) is 9.13 Å². The summed E-state index contributed by atoms with van der Waals surface area (Å²) in [6, 6.07) is 0. The highest BCUT2D eigenvalue weighted by molar-refractivity contribution is 7.47. The number of esters is 4. The molecule has 0 radical (unpaired) electrons. The number of hydrogen-bond acceptors (Lipinski definition) is 15. The van der Waals surface area contributed by atoms with E-state index < -0.39 is 97.5 Å². The first kappa shape index (κ1) is 98.1. The van der Waals surface area contributed by atoms with Crippen LogP contribution in [0, 0.1) is 17.8 Å². The number of carbonyl (C=O) groups is 4. The SMILES string of the molecule is CCCCCCCCCCCCCCCCCCCCC(=O)O[C@H](COC(=O)CCCCCCCCCCCCCCCC(C)C)COP(=O)(O)OC[C@@H](O)COP(=O)(O)OC[C@@H](COC(=O)CCCCCCCCC(C)CC)OC(=O)CCCCCCCCCCCCCCCC(C)C. The van der Waals surface area contributed by atoms with Crippen LogP contribution in [0.15, 0.2) is 0 Å². The number of carbonyl (C=O) groups excluding carboxylic acids is 4. The van der Waals surface area contributed by atoms with Crippen molar-refractivity contribution in [2.45, 2.75) is 439 Å². The minimum absolute atomic E-state index is 0.106. The Kier molecular flexibility index (Phi) is 69.9. The Bertz CT molecular complexity index is 1940. The fraction of sp³-hybridized carbons (Fsp3) is 0.951. The molecule has 0 aliphatic heterocycles. The molecule has 6 atom stereocenters. The lowest BCUT2D eigenvalue weighted by atomic mass is 10.00. The number of unbranched alkanes of at least 4 members (excludes halogenated alkanes) is 46. The molecule has 0 bridgehead atoms. The molecule has 0 saturated carbocycles. The lowest BCUT2D eigenvalue weighted by Crippen LogP contribution is -2.30. The summed E-state index contributed by atoms with van der Waals surface area (Å²) in [4.78, 5) is 73.0. The van der Waals surface area contributed by atoms with Crippen molar-refractivity contribution in [3.8, 4) is 0 Å². The number of hydrogen-bond donors (Lipinski definition) is 3. The normalized spacial score (nSPS) is 14.2. The van der Waals surface area contributed by atoms with Crippen LogP contribution in [0.1, 0.15) is 421 Å². The van der Waals surface area contributed by atoms with Crippen LogP contribution in [-0.4, -0.2) is 96.7 Å². The fourth-order valence-corrected chi connectivity index (χ4v) is 14.0. The van der Waals surface area contributed by atoms with Crippen LogP contribution in [0.25, 0.3) is 0 Å². The van der Waals surface area contributed by atoms with E-state index in [4.69, 9.17) is 37.0 Å². The zero-order valence-corrected chi connectivity index (χ0v) is 67.5. The van der Waals surface area contributed by atoms with Crippen LogP contribution in [-0.2, 0) is 65.4 Å². The van der Waals surface area contributed by atoms with Gasteiger partial charge in [0.05, 0.1) is 26.4 Å². The van der Waals surface area contributed by atoms with Gasteiger partial charge in [0.2, 0.25) is 0 Å². The second-order valence-corrected chi connectivity index (χ2v) is 33.3. The maximum atomic E-state index is 13.1. The van der Waals surface area contributed by atoms with E-state index in [1.165, 1.54) is 225 Å². The Balaban J connectivity index is 5.25. The first-order chi connectivity index (χ1) is 48.3. The predicted molar refractivity (Wildman–Crippen MR) is 409 cm³/mol. The highest BCUT2D eigenvalue weighted by Gasteiger charge is 2.30. The zero-order valence-electron chi connectivity index (χ0n) is 65.7. The standard InChI is InChI=1S/C81H158O17P2/c1-8-10-11-12-13-14-15-16-17-18-19-20-25-31-36-41-50-57-64-80(85)97-76(68-91-78(83)62-55-48-40-35-30-26-21-23-28-33-38-45-52-59-72(3)4)70-95-99(87,88)93-66-75(82)67-94-100(89,90)96-71-77(69-92-79(84)63-56-49-44-43-47-54-61-74(7)9-2)98-81(86)65-58-51-42-37-32-27-22-24-29-34-39-46-53-60-73(5)6/h72-77,82H,8-71H2,1-7H3,(H,87,88)(H,89,90)/t74?,75-,76-,77-/m1/s1. The van der Waals surface area contributed by atoms with Crippen molar-refractivity contribution in [3.05, 3.63) is 0 Å². The molecule has 0 heterocycles. The predicted octanol–water partition coefficient (Wildman–Crippen LogP) is 24.1. The van der Waals surface area contributed by atoms with Gasteiger partial charge in [0.1, 0.15) is 19.3 Å². The van der Waals surface area contributed by atoms with Gasteiger partial charge in [-0.2, -0.15) is 0 Å². The third-order valence-electron chi connectivity index (χ3n) is 19.2. The van der Waals surface area contributed by atoms with Crippen molar-refractivity contribution in [1.29, 1.82) is 0 Å². The Labute approximate surface area is 613 Å². The van der Waals surface area contributed by atoms with Gasteiger partial charge in [-0.3, -0.25) is 37.3 Å². The Morgan fingerprint density at radius 1 is 0.290 bits per heavy atom. The van der Waals surface area contributed by atoms with Crippen LogP contribution < -0.4 is 0 Å². The number of rotatable bonds is 79. The summed E-state index contributed by atoms with van der Waals surface area (Å²) >= 11 is 0. The molecule has 594 valence electrons. The molecule has 19 heteroatoms. The molecule has 3 unspecified atom stereocenters. The highest BCUT2D eigenvalue weighted by atomic mass is 31.2. The van der Waals surface area contributed by atoms with Crippen LogP contribution >= 0.6 is 15.6 Å². The molecular weight excluding hydrogens is 1310 g/mol. The average Bonchev–Trinajstić information content (AvgIpc) is 1.16. The van der Waals surface area contributed by atoms with E-state index in [1.807, 2.05) is 0 Å². The molecule has 17 nitrogen and oxygen atoms in total. The molecule has 0 aliphatic carbocycles. The van der Waals surface area contributed by atoms with Crippen molar-refractivity contribution in [3.63, 3.8) is 0 Å². The monoisotopic (exact) mass is 1470 g/mol. The van der Waals surface area contributed by atoms with Crippen molar-refractivity contribution in [2.75, 3.05) is 39.6 Å². The van der Waals surface area contributed by atoms with E-state index in [0.29, 0.717) is 25.7 Å². The molecule has 0 spiro atoms. The van der Waals surface area contributed by atoms with Gasteiger partial charge in [0.25, 0.3) is 0 Å². The lowest BCUT2D eigenvalue weighted by molar-refractivity contribution is -0.161. The second-order valence-electron chi connectivity index (χ2n) is 30.4. The third kappa shape index (κ3) is 73.0. The van der Waals surface area contributed by atoms with Crippen LogP contribution in [0.4, 0.5) is 0 Å². The summed E-state index contributed by atoms with van der Waals surface area (Å²) in [5.41, 5.74) is 0. The van der Waals surface area contributed by atoms with Gasteiger partial charge < -0.3 is 33.8 Å². The molecule has 0 aromatic carbocycles. The first-order valence-electron chi connectivity index (χ1n) is 41.9. The maximum absolute atomic E-state index is 13.1. The smallest absolute Gasteiger partial charge is 0.462 e. The number of phosphoric acid groups is 2. The maximum Gasteiger partial charge on any atom is 0.472 e. The molecule has 0 saturated heterocycles. The molecule has 0 fully saturated rings. The largest absolute Gasteiger partial charge is 0.472 e. The molecule has 0 amide bonds. The van der Waals surface area contributed by atoms with Crippen LogP contribution in [0.5, 0.6) is 0 Å². The third-order valence-corrected chi connectivity index (χ3v) is 21.1. The summed E-state index contributed by atoms with van der Waals surface area (Å²) < 4.78 is 68.7. The molecular formula is C81H158O17P2. The van der Waals surface area contributed by atoms with Crippen LogP contribution in [0.2, 0.25) is 0 Å². The molecule has 0 aromatic heterocycles. The first-order valence-corrected chi connectivity index (χ1v) is 44.9. The van der Waals surface area contributed by atoms with Crippen molar-refractivity contribution >= 4 is 39.5 Å².